The van der Waals surface area contributed by atoms with Crippen LogP contribution in [0.1, 0.15) is 31.0 Å². The molecule has 0 aliphatic heterocycles. The van der Waals surface area contributed by atoms with Gasteiger partial charge >= 0.3 is 0 Å². The summed E-state index contributed by atoms with van der Waals surface area (Å²) in [6.07, 6.45) is 0. The average Bonchev–Trinajstić information content (AvgIpc) is 2.25. The van der Waals surface area contributed by atoms with E-state index >= 15 is 0 Å². The van der Waals surface area contributed by atoms with Gasteiger partial charge in [-0.2, -0.15) is 0 Å². The number of hydrogen-bond donors (Lipinski definition) is 2. The lowest BCUT2D eigenvalue weighted by molar-refractivity contribution is -0.122. The van der Waals surface area contributed by atoms with Crippen LogP contribution in [0.2, 0.25) is 0 Å². The molecule has 0 spiro atoms. The SMILES string of the molecule is Cc1ccc([C@H](C)N)c(OCC(C)C(N)=O)c1. The molecule has 0 bridgehead atoms. The number of carbonyl (C=O) groups is 1. The molecule has 1 aromatic carbocycles. The third-order valence-corrected chi connectivity index (χ3v) is 2.63. The maximum atomic E-state index is 10.9. The van der Waals surface area contributed by atoms with Gasteiger partial charge < -0.3 is 16.2 Å². The first kappa shape index (κ1) is 13.5. The molecule has 0 aromatic heterocycles. The largest absolute Gasteiger partial charge is 0.492 e. The predicted octanol–water partition coefficient (Wildman–Crippen LogP) is 1.51. The molecule has 0 fully saturated rings. The fraction of sp³-hybridized carbons (Fsp3) is 0.462. The van der Waals surface area contributed by atoms with E-state index in [9.17, 15) is 4.79 Å². The Morgan fingerprint density at radius 3 is 2.59 bits per heavy atom. The van der Waals surface area contributed by atoms with Crippen molar-refractivity contribution in [2.75, 3.05) is 6.61 Å². The summed E-state index contributed by atoms with van der Waals surface area (Å²) in [6, 6.07) is 5.76. The fourth-order valence-corrected chi connectivity index (χ4v) is 1.44. The molecule has 0 saturated carbocycles. The van der Waals surface area contributed by atoms with Gasteiger partial charge in [-0.15, -0.1) is 0 Å². The normalized spacial score (nSPS) is 14.1. The molecule has 0 saturated heterocycles. The molecule has 4 heteroatoms. The van der Waals surface area contributed by atoms with Gasteiger partial charge in [0.25, 0.3) is 0 Å². The highest BCUT2D eigenvalue weighted by Gasteiger charge is 2.12. The number of ether oxygens (including phenoxy) is 1. The zero-order valence-corrected chi connectivity index (χ0v) is 10.6. The van der Waals surface area contributed by atoms with Crippen molar-refractivity contribution in [1.82, 2.24) is 0 Å². The maximum Gasteiger partial charge on any atom is 0.223 e. The summed E-state index contributed by atoms with van der Waals surface area (Å²) in [4.78, 5) is 10.9. The first-order chi connectivity index (χ1) is 7.91. The summed E-state index contributed by atoms with van der Waals surface area (Å²) in [5.74, 6) is 0.0598. The molecule has 1 rings (SSSR count). The number of rotatable bonds is 5. The van der Waals surface area contributed by atoms with E-state index in [2.05, 4.69) is 0 Å². The monoisotopic (exact) mass is 236 g/mol. The highest BCUT2D eigenvalue weighted by molar-refractivity contribution is 5.76. The molecule has 0 heterocycles. The molecule has 0 radical (unpaired) electrons. The van der Waals surface area contributed by atoms with Gasteiger partial charge in [-0.05, 0) is 25.5 Å². The van der Waals surface area contributed by atoms with Gasteiger partial charge in [-0.1, -0.05) is 19.1 Å². The summed E-state index contributed by atoms with van der Waals surface area (Å²) in [6.45, 7) is 5.90. The van der Waals surface area contributed by atoms with E-state index in [4.69, 9.17) is 16.2 Å². The van der Waals surface area contributed by atoms with Gasteiger partial charge in [0, 0.05) is 11.6 Å². The van der Waals surface area contributed by atoms with E-state index in [1.807, 2.05) is 32.0 Å². The van der Waals surface area contributed by atoms with Crippen LogP contribution < -0.4 is 16.2 Å². The van der Waals surface area contributed by atoms with Crippen LogP contribution in [0.4, 0.5) is 0 Å². The van der Waals surface area contributed by atoms with Gasteiger partial charge in [-0.3, -0.25) is 4.79 Å². The highest BCUT2D eigenvalue weighted by Crippen LogP contribution is 2.25. The lowest BCUT2D eigenvalue weighted by atomic mass is 10.1. The Hall–Kier alpha value is -1.55. The fourth-order valence-electron chi connectivity index (χ4n) is 1.44. The second kappa shape index (κ2) is 5.68. The molecule has 4 N–H and O–H groups in total. The van der Waals surface area contributed by atoms with Crippen molar-refractivity contribution < 1.29 is 9.53 Å². The van der Waals surface area contributed by atoms with Crippen molar-refractivity contribution in [3.63, 3.8) is 0 Å². The molecule has 1 amide bonds. The zero-order valence-electron chi connectivity index (χ0n) is 10.6. The van der Waals surface area contributed by atoms with Crippen LogP contribution in [-0.2, 0) is 4.79 Å². The van der Waals surface area contributed by atoms with Crippen LogP contribution in [-0.4, -0.2) is 12.5 Å². The van der Waals surface area contributed by atoms with Gasteiger partial charge in [0.1, 0.15) is 5.75 Å². The van der Waals surface area contributed by atoms with E-state index in [1.165, 1.54) is 0 Å². The Balaban J connectivity index is 2.82. The average molecular weight is 236 g/mol. The van der Waals surface area contributed by atoms with Gasteiger partial charge in [-0.25, -0.2) is 0 Å². The molecule has 2 atom stereocenters. The summed E-state index contributed by atoms with van der Waals surface area (Å²) in [5.41, 5.74) is 13.1. The molecule has 17 heavy (non-hydrogen) atoms. The van der Waals surface area contributed by atoms with Crippen LogP contribution in [0.3, 0.4) is 0 Å². The Morgan fingerprint density at radius 2 is 2.06 bits per heavy atom. The molecular weight excluding hydrogens is 216 g/mol. The van der Waals surface area contributed by atoms with Crippen molar-refractivity contribution in [3.05, 3.63) is 29.3 Å². The molecule has 1 aromatic rings. The van der Waals surface area contributed by atoms with Crippen LogP contribution in [0.5, 0.6) is 5.75 Å². The minimum absolute atomic E-state index is 0.102. The van der Waals surface area contributed by atoms with Crippen molar-refractivity contribution in [3.8, 4) is 5.75 Å². The number of aryl methyl sites for hydroxylation is 1. The summed E-state index contributed by atoms with van der Waals surface area (Å²) in [7, 11) is 0. The third kappa shape index (κ3) is 3.75. The summed E-state index contributed by atoms with van der Waals surface area (Å²) in [5, 5.41) is 0. The van der Waals surface area contributed by atoms with Gasteiger partial charge in [0.05, 0.1) is 12.5 Å². The standard InChI is InChI=1S/C13H20N2O2/c1-8-4-5-11(10(3)14)12(6-8)17-7-9(2)13(15)16/h4-6,9-10H,7,14H2,1-3H3,(H2,15,16)/t9?,10-/m0/s1. The second-order valence-corrected chi connectivity index (χ2v) is 4.44. The van der Waals surface area contributed by atoms with Crippen molar-refractivity contribution in [2.45, 2.75) is 26.8 Å². The van der Waals surface area contributed by atoms with E-state index < -0.39 is 0 Å². The molecule has 94 valence electrons. The van der Waals surface area contributed by atoms with Crippen LogP contribution in [0.15, 0.2) is 18.2 Å². The van der Waals surface area contributed by atoms with E-state index in [1.54, 1.807) is 6.92 Å². The topological polar surface area (TPSA) is 78.3 Å². The minimum Gasteiger partial charge on any atom is -0.492 e. The Bertz CT molecular complexity index is 402. The Labute approximate surface area is 102 Å². The molecule has 4 nitrogen and oxygen atoms in total. The quantitative estimate of drug-likeness (QED) is 0.813. The van der Waals surface area contributed by atoms with Crippen molar-refractivity contribution in [2.24, 2.45) is 17.4 Å². The maximum absolute atomic E-state index is 10.9. The summed E-state index contributed by atoms with van der Waals surface area (Å²) < 4.78 is 5.62. The summed E-state index contributed by atoms with van der Waals surface area (Å²) >= 11 is 0. The molecule has 0 aliphatic rings. The van der Waals surface area contributed by atoms with E-state index in [0.717, 1.165) is 16.9 Å². The lowest BCUT2D eigenvalue weighted by Crippen LogP contribution is -2.26. The first-order valence-electron chi connectivity index (χ1n) is 5.70. The number of benzene rings is 1. The van der Waals surface area contributed by atoms with Gasteiger partial charge in [0.2, 0.25) is 5.91 Å². The third-order valence-electron chi connectivity index (χ3n) is 2.63. The number of hydrogen-bond acceptors (Lipinski definition) is 3. The predicted molar refractivity (Wildman–Crippen MR) is 67.6 cm³/mol. The van der Waals surface area contributed by atoms with E-state index in [0.29, 0.717) is 0 Å². The van der Waals surface area contributed by atoms with Crippen LogP contribution in [0, 0.1) is 12.8 Å². The molecule has 1 unspecified atom stereocenters. The smallest absolute Gasteiger partial charge is 0.223 e. The van der Waals surface area contributed by atoms with Crippen molar-refractivity contribution >= 4 is 5.91 Å². The first-order valence-corrected chi connectivity index (χ1v) is 5.70. The lowest BCUT2D eigenvalue weighted by Gasteiger charge is -2.16. The van der Waals surface area contributed by atoms with E-state index in [-0.39, 0.29) is 24.5 Å². The zero-order chi connectivity index (χ0) is 13.0. The Morgan fingerprint density at radius 1 is 1.41 bits per heavy atom. The Kier molecular flexibility index (Phi) is 4.52. The number of amides is 1. The number of primary amides is 1. The van der Waals surface area contributed by atoms with Gasteiger partial charge in [0.15, 0.2) is 0 Å². The van der Waals surface area contributed by atoms with Crippen LogP contribution in [0.25, 0.3) is 0 Å². The minimum atomic E-state index is -0.361. The number of carbonyl (C=O) groups excluding carboxylic acids is 1. The molecular formula is C13H20N2O2. The van der Waals surface area contributed by atoms with Crippen molar-refractivity contribution in [1.29, 1.82) is 0 Å². The van der Waals surface area contributed by atoms with Crippen LogP contribution >= 0.6 is 0 Å². The second-order valence-electron chi connectivity index (χ2n) is 4.44. The highest BCUT2D eigenvalue weighted by atomic mass is 16.5. The molecule has 0 aliphatic carbocycles. The number of nitrogens with two attached hydrogens (primary N) is 2.